The van der Waals surface area contributed by atoms with Crippen LogP contribution in [-0.2, 0) is 0 Å². The van der Waals surface area contributed by atoms with Gasteiger partial charge in [-0.3, -0.25) is 0 Å². The maximum Gasteiger partial charge on any atom is 0.407 e. The molecule has 1 heterocycles. The molecule has 0 radical (unpaired) electrons. The molecule has 0 aromatic heterocycles. The van der Waals surface area contributed by atoms with Gasteiger partial charge in [-0.2, -0.15) is 0 Å². The number of carbonyl (C=O) groups is 1. The molecule has 1 aliphatic heterocycles. The summed E-state index contributed by atoms with van der Waals surface area (Å²) in [5.41, 5.74) is 9.99. The number of benzene rings is 1. The van der Waals surface area contributed by atoms with Crippen LogP contribution in [0.2, 0.25) is 0 Å². The third-order valence-corrected chi connectivity index (χ3v) is 3.08. The fraction of sp³-hybridized carbons (Fsp3) is 0.308. The van der Waals surface area contributed by atoms with Gasteiger partial charge in [-0.15, -0.1) is 0 Å². The zero-order valence-electron chi connectivity index (χ0n) is 9.81. The van der Waals surface area contributed by atoms with Crippen molar-refractivity contribution in [3.8, 4) is 0 Å². The summed E-state index contributed by atoms with van der Waals surface area (Å²) in [4.78, 5) is 12.2. The van der Waals surface area contributed by atoms with Crippen molar-refractivity contribution in [2.45, 2.75) is 13.3 Å². The number of rotatable bonds is 1. The van der Waals surface area contributed by atoms with Crippen molar-refractivity contribution in [3.05, 3.63) is 35.4 Å². The molecule has 4 nitrogen and oxygen atoms in total. The Labute approximate surface area is 100 Å². The van der Waals surface area contributed by atoms with E-state index in [4.69, 9.17) is 10.8 Å². The average Bonchev–Trinajstić information content (AvgIpc) is 2.29. The van der Waals surface area contributed by atoms with Gasteiger partial charge in [0, 0.05) is 18.8 Å². The van der Waals surface area contributed by atoms with Crippen LogP contribution in [0.25, 0.3) is 5.57 Å². The van der Waals surface area contributed by atoms with Gasteiger partial charge in [0.1, 0.15) is 0 Å². The summed E-state index contributed by atoms with van der Waals surface area (Å²) in [6.07, 6.45) is 1.89. The molecule has 0 saturated heterocycles. The first-order chi connectivity index (χ1) is 8.08. The van der Waals surface area contributed by atoms with E-state index in [-0.39, 0.29) is 0 Å². The third kappa shape index (κ3) is 2.41. The molecule has 17 heavy (non-hydrogen) atoms. The normalized spacial score (nSPS) is 15.6. The fourth-order valence-corrected chi connectivity index (χ4v) is 2.13. The minimum atomic E-state index is -0.852. The minimum Gasteiger partial charge on any atom is -0.465 e. The highest BCUT2D eigenvalue weighted by Crippen LogP contribution is 2.26. The molecule has 0 bridgehead atoms. The Morgan fingerprint density at radius 2 is 2.24 bits per heavy atom. The standard InChI is InChI=1S/C13H16N2O2/c1-9-8-11(14)2-3-12(9)10-4-6-15(7-5-10)13(16)17/h2-4,8H,5-7,14H2,1H3,(H,16,17). The molecule has 3 N–H and O–H groups in total. The lowest BCUT2D eigenvalue weighted by molar-refractivity contribution is 0.150. The van der Waals surface area contributed by atoms with Crippen molar-refractivity contribution < 1.29 is 9.90 Å². The first kappa shape index (κ1) is 11.5. The molecule has 90 valence electrons. The maximum absolute atomic E-state index is 10.8. The lowest BCUT2D eigenvalue weighted by atomic mass is 9.95. The Kier molecular flexibility index (Phi) is 3.04. The van der Waals surface area contributed by atoms with Crippen molar-refractivity contribution in [2.24, 2.45) is 0 Å². The third-order valence-electron chi connectivity index (χ3n) is 3.08. The van der Waals surface area contributed by atoms with Crippen LogP contribution < -0.4 is 5.73 Å². The second-order valence-electron chi connectivity index (χ2n) is 4.28. The second-order valence-corrected chi connectivity index (χ2v) is 4.28. The molecular weight excluding hydrogens is 216 g/mol. The number of nitrogens with zero attached hydrogens (tertiary/aromatic N) is 1. The lowest BCUT2D eigenvalue weighted by Crippen LogP contribution is -2.33. The molecule has 4 heteroatoms. The van der Waals surface area contributed by atoms with Gasteiger partial charge in [0.15, 0.2) is 0 Å². The molecular formula is C13H16N2O2. The lowest BCUT2D eigenvalue weighted by Gasteiger charge is -2.24. The van der Waals surface area contributed by atoms with E-state index >= 15 is 0 Å². The van der Waals surface area contributed by atoms with Crippen LogP contribution in [0.15, 0.2) is 24.3 Å². The molecule has 0 unspecified atom stereocenters. The van der Waals surface area contributed by atoms with E-state index in [0.29, 0.717) is 13.1 Å². The summed E-state index contributed by atoms with van der Waals surface area (Å²) in [5.74, 6) is 0. The largest absolute Gasteiger partial charge is 0.465 e. The first-order valence-electron chi connectivity index (χ1n) is 5.61. The molecule has 0 saturated carbocycles. The Morgan fingerprint density at radius 1 is 1.47 bits per heavy atom. The molecule has 1 aliphatic rings. The molecule has 1 amide bonds. The van der Waals surface area contributed by atoms with Gasteiger partial charge in [0.2, 0.25) is 0 Å². The Morgan fingerprint density at radius 3 is 2.76 bits per heavy atom. The van der Waals surface area contributed by atoms with Crippen molar-refractivity contribution in [2.75, 3.05) is 18.8 Å². The second kappa shape index (κ2) is 4.49. The highest BCUT2D eigenvalue weighted by Gasteiger charge is 2.17. The molecule has 0 aliphatic carbocycles. The summed E-state index contributed by atoms with van der Waals surface area (Å²) in [7, 11) is 0. The summed E-state index contributed by atoms with van der Waals surface area (Å²) >= 11 is 0. The van der Waals surface area contributed by atoms with Gasteiger partial charge in [-0.25, -0.2) is 4.79 Å². The van der Waals surface area contributed by atoms with Crippen molar-refractivity contribution in [3.63, 3.8) is 0 Å². The quantitative estimate of drug-likeness (QED) is 0.730. The van der Waals surface area contributed by atoms with E-state index in [1.165, 1.54) is 16.0 Å². The van der Waals surface area contributed by atoms with Gasteiger partial charge >= 0.3 is 6.09 Å². The topological polar surface area (TPSA) is 66.6 Å². The predicted molar refractivity (Wildman–Crippen MR) is 67.8 cm³/mol. The van der Waals surface area contributed by atoms with E-state index in [1.54, 1.807) is 0 Å². The fourth-order valence-electron chi connectivity index (χ4n) is 2.13. The van der Waals surface area contributed by atoms with Gasteiger partial charge in [0.25, 0.3) is 0 Å². The molecule has 0 atom stereocenters. The van der Waals surface area contributed by atoms with E-state index in [2.05, 4.69) is 0 Å². The summed E-state index contributed by atoms with van der Waals surface area (Å²) < 4.78 is 0. The van der Waals surface area contributed by atoms with Gasteiger partial charge in [0.05, 0.1) is 0 Å². The van der Waals surface area contributed by atoms with Crippen molar-refractivity contribution in [1.82, 2.24) is 4.90 Å². The molecule has 1 aromatic rings. The zero-order valence-corrected chi connectivity index (χ0v) is 9.81. The smallest absolute Gasteiger partial charge is 0.407 e. The number of anilines is 1. The average molecular weight is 232 g/mol. The van der Waals surface area contributed by atoms with E-state index in [0.717, 1.165) is 17.7 Å². The van der Waals surface area contributed by atoms with Crippen LogP contribution in [0, 0.1) is 6.92 Å². The first-order valence-corrected chi connectivity index (χ1v) is 5.61. The number of nitrogen functional groups attached to an aromatic ring is 1. The Balaban J connectivity index is 2.22. The monoisotopic (exact) mass is 232 g/mol. The summed E-state index contributed by atoms with van der Waals surface area (Å²) in [5, 5.41) is 8.87. The van der Waals surface area contributed by atoms with Gasteiger partial charge in [-0.1, -0.05) is 12.1 Å². The van der Waals surface area contributed by atoms with Crippen LogP contribution in [0.4, 0.5) is 10.5 Å². The number of hydrogen-bond donors (Lipinski definition) is 2. The van der Waals surface area contributed by atoms with Gasteiger partial charge in [-0.05, 0) is 42.2 Å². The van der Waals surface area contributed by atoms with Gasteiger partial charge < -0.3 is 15.7 Å². The van der Waals surface area contributed by atoms with E-state index < -0.39 is 6.09 Å². The van der Waals surface area contributed by atoms with Crippen molar-refractivity contribution >= 4 is 17.4 Å². The molecule has 2 rings (SSSR count). The predicted octanol–water partition coefficient (Wildman–Crippen LogP) is 2.34. The van der Waals surface area contributed by atoms with E-state index in [9.17, 15) is 4.79 Å². The van der Waals surface area contributed by atoms with Crippen LogP contribution in [0.1, 0.15) is 17.5 Å². The highest BCUT2D eigenvalue weighted by atomic mass is 16.4. The Bertz CT molecular complexity index is 480. The van der Waals surface area contributed by atoms with Crippen LogP contribution in [0.3, 0.4) is 0 Å². The summed E-state index contributed by atoms with van der Waals surface area (Å²) in [6.45, 7) is 3.05. The molecule has 0 fully saturated rings. The number of hydrogen-bond acceptors (Lipinski definition) is 2. The zero-order chi connectivity index (χ0) is 12.4. The van der Waals surface area contributed by atoms with Crippen LogP contribution in [-0.4, -0.2) is 29.2 Å². The SMILES string of the molecule is Cc1cc(N)ccc1C1=CCN(C(=O)O)CC1. The number of nitrogens with two attached hydrogens (primary N) is 1. The van der Waals surface area contributed by atoms with E-state index in [1.807, 2.05) is 31.2 Å². The maximum atomic E-state index is 10.8. The summed E-state index contributed by atoms with van der Waals surface area (Å²) in [6, 6.07) is 5.83. The van der Waals surface area contributed by atoms with Crippen LogP contribution in [0.5, 0.6) is 0 Å². The minimum absolute atomic E-state index is 0.467. The Hall–Kier alpha value is -1.97. The highest BCUT2D eigenvalue weighted by molar-refractivity contribution is 5.73. The number of carboxylic acid groups (broad SMARTS) is 1. The van der Waals surface area contributed by atoms with Crippen molar-refractivity contribution in [1.29, 1.82) is 0 Å². The number of amides is 1. The molecule has 0 spiro atoms. The molecule has 1 aromatic carbocycles. The van der Waals surface area contributed by atoms with Crippen LogP contribution >= 0.6 is 0 Å². The number of aryl methyl sites for hydroxylation is 1.